The van der Waals surface area contributed by atoms with Gasteiger partial charge < -0.3 is 9.47 Å². The predicted molar refractivity (Wildman–Crippen MR) is 134 cm³/mol. The maximum Gasteiger partial charge on any atom is 0.293 e. The maximum atomic E-state index is 13.0. The molecule has 2 atom stereocenters. The minimum atomic E-state index is -4.49. The minimum absolute atomic E-state index is 0.00871. The molecule has 0 spiro atoms. The van der Waals surface area contributed by atoms with Crippen LogP contribution < -0.4 is 0 Å². The molecule has 33 heavy (non-hydrogen) atoms. The smallest absolute Gasteiger partial charge is 0.293 e. The summed E-state index contributed by atoms with van der Waals surface area (Å²) in [6.07, 6.45) is 14.8. The molecule has 1 aromatic carbocycles. The lowest BCUT2D eigenvalue weighted by molar-refractivity contribution is 0.0633. The highest BCUT2D eigenvalue weighted by Crippen LogP contribution is 2.72. The average molecular weight is 493 g/mol. The number of benzene rings is 1. The lowest BCUT2D eigenvalue weighted by atomic mass is 9.87. The van der Waals surface area contributed by atoms with Crippen molar-refractivity contribution in [2.45, 2.75) is 86.8 Å². The first-order chi connectivity index (χ1) is 15.9. The second-order valence-corrected chi connectivity index (χ2v) is 13.8. The van der Waals surface area contributed by atoms with Gasteiger partial charge in [-0.15, -0.1) is 0 Å². The molecule has 0 amide bonds. The number of methoxy groups -OCH3 is 2. The normalized spacial score (nSPS) is 27.8. The van der Waals surface area contributed by atoms with Crippen LogP contribution in [0.1, 0.15) is 75.7 Å². The van der Waals surface area contributed by atoms with E-state index in [1.54, 1.807) is 20.3 Å². The molecule has 2 unspecified atom stereocenters. The highest BCUT2D eigenvalue weighted by atomic mass is 32.2. The molecule has 3 aliphatic carbocycles. The van der Waals surface area contributed by atoms with Crippen molar-refractivity contribution in [3.8, 4) is 0 Å². The molecule has 0 aliphatic heterocycles. The van der Waals surface area contributed by atoms with E-state index in [-0.39, 0.29) is 4.91 Å². The van der Waals surface area contributed by atoms with Crippen molar-refractivity contribution in [2.75, 3.05) is 14.2 Å². The standard InChI is InChI=1S/C26H37O5PS/c1-30-23-18-19-24(33(27,28)29)26(31-2,25(23)20-12-6-3-7-13-20)32(21-14-8-4-9-15-21)22-16-10-5-11-17-22/h3,6-7,12-13,18-19,21-22,25H,4-5,8-11,14-17H2,1-2H3,(H,27,28,29). The van der Waals surface area contributed by atoms with Crippen LogP contribution in [0.5, 0.6) is 0 Å². The third kappa shape index (κ3) is 4.82. The van der Waals surface area contributed by atoms with Gasteiger partial charge in [-0.25, -0.2) is 0 Å². The quantitative estimate of drug-likeness (QED) is 0.344. The Morgan fingerprint density at radius 1 is 0.879 bits per heavy atom. The first-order valence-electron chi connectivity index (χ1n) is 12.3. The van der Waals surface area contributed by atoms with Crippen LogP contribution in [0.25, 0.3) is 0 Å². The first-order valence-corrected chi connectivity index (χ1v) is 15.2. The highest BCUT2D eigenvalue weighted by molar-refractivity contribution is 7.90. The number of hydrogen-bond donors (Lipinski definition) is 1. The summed E-state index contributed by atoms with van der Waals surface area (Å²) in [5, 5.41) is -1.16. The average Bonchev–Trinajstić information content (AvgIpc) is 2.84. The topological polar surface area (TPSA) is 72.8 Å². The van der Waals surface area contributed by atoms with Crippen LogP contribution >= 0.6 is 7.92 Å². The number of ether oxygens (including phenoxy) is 2. The molecular formula is C26H37O5PS. The van der Waals surface area contributed by atoms with E-state index in [9.17, 15) is 13.0 Å². The second-order valence-electron chi connectivity index (χ2n) is 9.51. The van der Waals surface area contributed by atoms with Gasteiger partial charge in [0.1, 0.15) is 16.0 Å². The summed E-state index contributed by atoms with van der Waals surface area (Å²) in [5.74, 6) is 0.264. The fourth-order valence-corrected chi connectivity index (χ4v) is 12.5. The Labute approximate surface area is 200 Å². The molecule has 182 valence electrons. The van der Waals surface area contributed by atoms with Gasteiger partial charge in [0.25, 0.3) is 10.1 Å². The Morgan fingerprint density at radius 3 is 1.88 bits per heavy atom. The predicted octanol–water partition coefficient (Wildman–Crippen LogP) is 6.58. The first kappa shape index (κ1) is 24.9. The summed E-state index contributed by atoms with van der Waals surface area (Å²) >= 11 is 0. The van der Waals surface area contributed by atoms with Crippen LogP contribution in [0.2, 0.25) is 0 Å². The van der Waals surface area contributed by atoms with E-state index >= 15 is 0 Å². The van der Waals surface area contributed by atoms with Crippen LogP contribution in [0.15, 0.2) is 53.1 Å². The van der Waals surface area contributed by atoms with Gasteiger partial charge >= 0.3 is 0 Å². The van der Waals surface area contributed by atoms with Crippen molar-refractivity contribution < 1.29 is 22.4 Å². The van der Waals surface area contributed by atoms with E-state index in [1.807, 2.05) is 30.3 Å². The van der Waals surface area contributed by atoms with Crippen LogP contribution in [-0.4, -0.2) is 43.9 Å². The zero-order chi connectivity index (χ0) is 23.5. The largest absolute Gasteiger partial charge is 0.500 e. The van der Waals surface area contributed by atoms with Gasteiger partial charge in [-0.2, -0.15) is 8.42 Å². The third-order valence-electron chi connectivity index (χ3n) is 7.71. The monoisotopic (exact) mass is 492 g/mol. The van der Waals surface area contributed by atoms with E-state index in [4.69, 9.17) is 9.47 Å². The van der Waals surface area contributed by atoms with Crippen LogP contribution in [-0.2, 0) is 19.6 Å². The lowest BCUT2D eigenvalue weighted by Crippen LogP contribution is -2.48. The highest BCUT2D eigenvalue weighted by Gasteiger charge is 2.59. The van der Waals surface area contributed by atoms with Crippen LogP contribution in [0, 0.1) is 0 Å². The molecule has 0 heterocycles. The Bertz CT molecular complexity index is 944. The molecule has 0 bridgehead atoms. The van der Waals surface area contributed by atoms with E-state index in [1.165, 1.54) is 44.6 Å². The van der Waals surface area contributed by atoms with Gasteiger partial charge in [-0.1, -0.05) is 76.8 Å². The van der Waals surface area contributed by atoms with Gasteiger partial charge in [0.2, 0.25) is 0 Å². The van der Waals surface area contributed by atoms with Gasteiger partial charge in [0, 0.05) is 7.11 Å². The molecule has 0 radical (unpaired) electrons. The summed E-state index contributed by atoms with van der Waals surface area (Å²) < 4.78 is 48.8. The summed E-state index contributed by atoms with van der Waals surface area (Å²) in [6, 6.07) is 9.94. The van der Waals surface area contributed by atoms with Crippen LogP contribution in [0.3, 0.4) is 0 Å². The molecule has 1 N–H and O–H groups in total. The molecule has 0 aromatic heterocycles. The number of rotatable bonds is 7. The summed E-state index contributed by atoms with van der Waals surface area (Å²) in [4.78, 5) is 0.00871. The van der Waals surface area contributed by atoms with Gasteiger partial charge in [0.05, 0.1) is 13.0 Å². The molecule has 2 saturated carbocycles. The molecule has 1 aromatic rings. The number of hydrogen-bond acceptors (Lipinski definition) is 4. The van der Waals surface area contributed by atoms with E-state index in [0.29, 0.717) is 17.1 Å². The van der Waals surface area contributed by atoms with Crippen molar-refractivity contribution in [2.24, 2.45) is 0 Å². The molecule has 2 fully saturated rings. The SMILES string of the molecule is COC1=CC=C(S(=O)(=O)O)C(OC)(P(C2CCCCC2)C2CCCCC2)C1c1ccccc1. The summed E-state index contributed by atoms with van der Waals surface area (Å²) in [5.41, 5.74) is 1.77. The van der Waals surface area contributed by atoms with E-state index < -0.39 is 29.3 Å². The summed E-state index contributed by atoms with van der Waals surface area (Å²) in [6.45, 7) is 0. The Hall–Kier alpha value is -1.20. The zero-order valence-electron chi connectivity index (χ0n) is 19.8. The molecule has 5 nitrogen and oxygen atoms in total. The van der Waals surface area contributed by atoms with Crippen molar-refractivity contribution in [1.82, 2.24) is 0 Å². The van der Waals surface area contributed by atoms with Crippen LogP contribution in [0.4, 0.5) is 0 Å². The molecule has 4 rings (SSSR count). The molecular weight excluding hydrogens is 455 g/mol. The zero-order valence-corrected chi connectivity index (χ0v) is 21.5. The third-order valence-corrected chi connectivity index (χ3v) is 12.9. The van der Waals surface area contributed by atoms with E-state index in [2.05, 4.69) is 0 Å². The van der Waals surface area contributed by atoms with Crippen molar-refractivity contribution >= 4 is 18.0 Å². The molecule has 7 heteroatoms. The van der Waals surface area contributed by atoms with E-state index in [0.717, 1.165) is 31.2 Å². The lowest BCUT2D eigenvalue weighted by Gasteiger charge is -2.54. The summed E-state index contributed by atoms with van der Waals surface area (Å²) in [7, 11) is -2.17. The Kier molecular flexibility index (Phi) is 8.00. The minimum Gasteiger partial charge on any atom is -0.500 e. The number of allylic oxidation sites excluding steroid dienone is 2. The second kappa shape index (κ2) is 10.6. The van der Waals surface area contributed by atoms with Gasteiger partial charge in [0.15, 0.2) is 0 Å². The maximum absolute atomic E-state index is 13.0. The van der Waals surface area contributed by atoms with Gasteiger partial charge in [-0.3, -0.25) is 4.55 Å². The van der Waals surface area contributed by atoms with Crippen molar-refractivity contribution in [3.63, 3.8) is 0 Å². The molecule has 0 saturated heterocycles. The molecule has 3 aliphatic rings. The van der Waals surface area contributed by atoms with Crippen molar-refractivity contribution in [1.29, 1.82) is 0 Å². The van der Waals surface area contributed by atoms with Crippen molar-refractivity contribution in [3.05, 3.63) is 58.7 Å². The fraction of sp³-hybridized carbons (Fsp3) is 0.615. The Balaban J connectivity index is 1.98. The Morgan fingerprint density at radius 2 is 1.42 bits per heavy atom. The fourth-order valence-electron chi connectivity index (χ4n) is 6.36. The van der Waals surface area contributed by atoms with Gasteiger partial charge in [-0.05, 0) is 54.7 Å².